The van der Waals surface area contributed by atoms with Crippen LogP contribution < -0.4 is 0 Å². The van der Waals surface area contributed by atoms with Crippen LogP contribution in [0.3, 0.4) is 0 Å². The Kier molecular flexibility index (Phi) is 6.08. The van der Waals surface area contributed by atoms with E-state index < -0.39 is 0 Å². The minimum absolute atomic E-state index is 0.473. The van der Waals surface area contributed by atoms with E-state index in [-0.39, 0.29) is 0 Å². The van der Waals surface area contributed by atoms with Gasteiger partial charge in [-0.15, -0.1) is 0 Å². The Morgan fingerprint density at radius 2 is 1.37 bits per heavy atom. The molecule has 0 saturated heterocycles. The van der Waals surface area contributed by atoms with E-state index in [4.69, 9.17) is 8.51 Å². The molecule has 0 spiro atoms. The monoisotopic (exact) mass is 345 g/mol. The van der Waals surface area contributed by atoms with Crippen molar-refractivity contribution < 1.29 is 23.5 Å². The van der Waals surface area contributed by atoms with E-state index in [1.165, 1.54) is 16.7 Å². The number of benzene rings is 1. The van der Waals surface area contributed by atoms with Crippen molar-refractivity contribution >= 4 is 8.51 Å². The number of hydrogen-bond donors (Lipinski definition) is 0. The third kappa shape index (κ3) is 3.68. The van der Waals surface area contributed by atoms with Crippen molar-refractivity contribution in [2.75, 3.05) is 0 Å². The van der Waals surface area contributed by atoms with Crippen molar-refractivity contribution in [3.05, 3.63) is 83.5 Å². The summed E-state index contributed by atoms with van der Waals surface area (Å²) in [5, 5.41) is 0. The molecule has 0 amide bonds. The SMILES string of the molecule is C1=CCC(C(C2=CC=CC2)c2ccccc2)=C1.[Cl][Zr]. The quantitative estimate of drug-likeness (QED) is 0.703. The molecule has 0 N–H and O–H groups in total. The van der Waals surface area contributed by atoms with Crippen LogP contribution in [0.5, 0.6) is 0 Å². The molecule has 0 aliphatic heterocycles. The Bertz CT molecular complexity index is 493. The molecule has 2 heteroatoms. The molecule has 0 unspecified atom stereocenters. The van der Waals surface area contributed by atoms with Crippen molar-refractivity contribution in [3.63, 3.8) is 0 Å². The molecule has 2 aliphatic carbocycles. The van der Waals surface area contributed by atoms with Gasteiger partial charge in [0, 0.05) is 5.92 Å². The molecule has 1 aromatic carbocycles. The van der Waals surface area contributed by atoms with Crippen molar-refractivity contribution in [2.45, 2.75) is 18.8 Å². The number of hydrogen-bond acceptors (Lipinski definition) is 0. The van der Waals surface area contributed by atoms with Crippen molar-refractivity contribution in [3.8, 4) is 0 Å². The molecule has 0 saturated carbocycles. The van der Waals surface area contributed by atoms with E-state index in [0.717, 1.165) is 36.4 Å². The van der Waals surface area contributed by atoms with Crippen LogP contribution in [-0.4, -0.2) is 0 Å². The van der Waals surface area contributed by atoms with Crippen LogP contribution in [0.15, 0.2) is 77.9 Å². The molecule has 3 rings (SSSR count). The molecule has 2 aliphatic rings. The van der Waals surface area contributed by atoms with Crippen LogP contribution in [0.2, 0.25) is 0 Å². The second kappa shape index (κ2) is 7.82. The van der Waals surface area contributed by atoms with Gasteiger partial charge in [0.1, 0.15) is 0 Å². The summed E-state index contributed by atoms with van der Waals surface area (Å²) in [5.74, 6) is 0.473. The second-order valence-electron chi connectivity index (χ2n) is 4.59. The topological polar surface area (TPSA) is 0 Å². The van der Waals surface area contributed by atoms with Crippen LogP contribution in [0, 0.1) is 0 Å². The molecular formula is C17H16ClZr. The van der Waals surface area contributed by atoms with Crippen molar-refractivity contribution in [2.24, 2.45) is 0 Å². The Morgan fingerprint density at radius 3 is 1.79 bits per heavy atom. The van der Waals surface area contributed by atoms with Crippen LogP contribution in [0.4, 0.5) is 0 Å². The molecule has 0 heterocycles. The van der Waals surface area contributed by atoms with Crippen LogP contribution in [-0.2, 0) is 23.5 Å². The summed E-state index contributed by atoms with van der Waals surface area (Å²) < 4.78 is 0. The van der Waals surface area contributed by atoms with Crippen molar-refractivity contribution in [1.82, 2.24) is 0 Å². The summed E-state index contributed by atoms with van der Waals surface area (Å²) in [6.07, 6.45) is 15.6. The first-order valence-electron chi connectivity index (χ1n) is 6.40. The van der Waals surface area contributed by atoms with Crippen LogP contribution in [0.25, 0.3) is 0 Å². The fourth-order valence-electron chi connectivity index (χ4n) is 2.67. The standard InChI is InChI=1S/C17H16.ClH.Zr/c1-2-8-14(9-3-1)17(15-10-4-5-11-15)16-12-6-7-13-16;;/h1-10,12,17H,11,13H2;1H;/q;;+1/p-1. The van der Waals surface area contributed by atoms with Gasteiger partial charge in [0.15, 0.2) is 0 Å². The maximum atomic E-state index is 4.73. The summed E-state index contributed by atoms with van der Waals surface area (Å²) in [7, 11) is 4.73. The van der Waals surface area contributed by atoms with E-state index in [1.807, 2.05) is 0 Å². The van der Waals surface area contributed by atoms with Gasteiger partial charge in [0.25, 0.3) is 0 Å². The third-order valence-corrected chi connectivity index (χ3v) is 3.47. The van der Waals surface area contributed by atoms with Crippen LogP contribution in [0.1, 0.15) is 24.3 Å². The number of halogens is 1. The molecular weight excluding hydrogens is 331 g/mol. The average Bonchev–Trinajstić information content (AvgIpc) is 3.16. The molecule has 0 radical (unpaired) electrons. The van der Waals surface area contributed by atoms with Gasteiger partial charge in [-0.25, -0.2) is 0 Å². The molecule has 19 heavy (non-hydrogen) atoms. The normalized spacial score (nSPS) is 16.1. The number of rotatable bonds is 3. The molecule has 0 atom stereocenters. The first kappa shape index (κ1) is 14.8. The number of allylic oxidation sites excluding steroid dienone is 8. The zero-order chi connectivity index (χ0) is 13.5. The Morgan fingerprint density at radius 1 is 0.842 bits per heavy atom. The molecule has 1 aromatic rings. The van der Waals surface area contributed by atoms with Gasteiger partial charge in [-0.1, -0.05) is 77.9 Å². The van der Waals surface area contributed by atoms with Gasteiger partial charge in [-0.3, -0.25) is 0 Å². The fraction of sp³-hybridized carbons (Fsp3) is 0.176. The van der Waals surface area contributed by atoms with Gasteiger partial charge >= 0.3 is 32.0 Å². The zero-order valence-corrected chi connectivity index (χ0v) is 13.9. The summed E-state index contributed by atoms with van der Waals surface area (Å²) >= 11 is 1.02. The summed E-state index contributed by atoms with van der Waals surface area (Å²) in [4.78, 5) is 0. The van der Waals surface area contributed by atoms with E-state index >= 15 is 0 Å². The Balaban J connectivity index is 0.000000637. The Labute approximate surface area is 134 Å². The summed E-state index contributed by atoms with van der Waals surface area (Å²) in [6, 6.07) is 10.8. The molecule has 0 nitrogen and oxygen atoms in total. The summed E-state index contributed by atoms with van der Waals surface area (Å²) in [5.41, 5.74) is 4.45. The minimum atomic E-state index is 0.473. The van der Waals surface area contributed by atoms with E-state index in [9.17, 15) is 0 Å². The third-order valence-electron chi connectivity index (χ3n) is 3.47. The first-order valence-corrected chi connectivity index (χ1v) is 9.57. The van der Waals surface area contributed by atoms with Gasteiger partial charge in [-0.2, -0.15) is 0 Å². The molecule has 0 fully saturated rings. The fourth-order valence-corrected chi connectivity index (χ4v) is 2.67. The molecule has 0 bridgehead atoms. The van der Waals surface area contributed by atoms with E-state index in [2.05, 4.69) is 66.8 Å². The van der Waals surface area contributed by atoms with Gasteiger partial charge in [0.2, 0.25) is 0 Å². The molecule has 0 aromatic heterocycles. The first-order chi connectivity index (χ1) is 9.45. The zero-order valence-electron chi connectivity index (χ0n) is 10.7. The maximum absolute atomic E-state index is 4.73. The summed E-state index contributed by atoms with van der Waals surface area (Å²) in [6.45, 7) is 0. The average molecular weight is 347 g/mol. The van der Waals surface area contributed by atoms with Gasteiger partial charge in [0.05, 0.1) is 0 Å². The van der Waals surface area contributed by atoms with Gasteiger partial charge in [-0.05, 0) is 18.4 Å². The van der Waals surface area contributed by atoms with E-state index in [0.29, 0.717) is 5.92 Å². The predicted octanol–water partition coefficient (Wildman–Crippen LogP) is 5.23. The van der Waals surface area contributed by atoms with E-state index in [1.54, 1.807) is 0 Å². The second-order valence-corrected chi connectivity index (χ2v) is 4.59. The van der Waals surface area contributed by atoms with Crippen molar-refractivity contribution in [1.29, 1.82) is 0 Å². The van der Waals surface area contributed by atoms with Crippen LogP contribution >= 0.6 is 8.51 Å². The predicted molar refractivity (Wildman–Crippen MR) is 78.7 cm³/mol. The molecule has 95 valence electrons. The Hall–Kier alpha value is -0.647. The van der Waals surface area contributed by atoms with Gasteiger partial charge < -0.3 is 0 Å².